The van der Waals surface area contributed by atoms with E-state index in [1.54, 1.807) is 12.1 Å². The highest BCUT2D eigenvalue weighted by Crippen LogP contribution is 2.23. The highest BCUT2D eigenvalue weighted by molar-refractivity contribution is 5.98. The summed E-state index contributed by atoms with van der Waals surface area (Å²) in [6.07, 6.45) is -1.07. The van der Waals surface area contributed by atoms with Crippen molar-refractivity contribution in [2.24, 2.45) is 0 Å². The van der Waals surface area contributed by atoms with Gasteiger partial charge in [0.1, 0.15) is 0 Å². The summed E-state index contributed by atoms with van der Waals surface area (Å²) >= 11 is 0. The maximum absolute atomic E-state index is 12.4. The molecule has 0 spiro atoms. The molecule has 2 aromatic carbocycles. The van der Waals surface area contributed by atoms with E-state index in [2.05, 4.69) is 10.2 Å². The third-order valence-electron chi connectivity index (χ3n) is 4.89. The third kappa shape index (κ3) is 4.93. The molecule has 0 radical (unpaired) electrons. The fraction of sp³-hybridized carbons (Fsp3) is 0.333. The molecular weight excluding hydrogens is 390 g/mol. The summed E-state index contributed by atoms with van der Waals surface area (Å²) in [5.74, 6) is -1.29. The highest BCUT2D eigenvalue weighted by Gasteiger charge is 2.23. The van der Waals surface area contributed by atoms with Gasteiger partial charge in [0.2, 0.25) is 0 Å². The fourth-order valence-corrected chi connectivity index (χ4v) is 3.14. The summed E-state index contributed by atoms with van der Waals surface area (Å²) in [5.41, 5.74) is 1.68. The highest BCUT2D eigenvalue weighted by atomic mass is 16.6. The number of anilines is 2. The van der Waals surface area contributed by atoms with Crippen molar-refractivity contribution >= 4 is 28.9 Å². The Hall–Kier alpha value is -3.46. The van der Waals surface area contributed by atoms with Gasteiger partial charge in [0.05, 0.1) is 23.7 Å². The lowest BCUT2D eigenvalue weighted by Crippen LogP contribution is -2.36. The zero-order chi connectivity index (χ0) is 21.7. The minimum atomic E-state index is -1.07. The molecule has 158 valence electrons. The Bertz CT molecular complexity index is 938. The second kappa shape index (κ2) is 9.36. The van der Waals surface area contributed by atoms with Crippen molar-refractivity contribution in [3.63, 3.8) is 0 Å². The number of benzene rings is 2. The van der Waals surface area contributed by atoms with E-state index in [4.69, 9.17) is 9.47 Å². The first-order valence-corrected chi connectivity index (χ1v) is 9.55. The smallest absolute Gasteiger partial charge is 0.339 e. The van der Waals surface area contributed by atoms with Gasteiger partial charge in [0.15, 0.2) is 6.10 Å². The van der Waals surface area contributed by atoms with Crippen molar-refractivity contribution < 1.29 is 24.0 Å². The Kier molecular flexibility index (Phi) is 6.63. The number of carbonyl (C=O) groups excluding carboxylic acids is 2. The number of hydrogen-bond donors (Lipinski definition) is 1. The second-order valence-corrected chi connectivity index (χ2v) is 6.89. The van der Waals surface area contributed by atoms with Crippen molar-refractivity contribution in [3.05, 3.63) is 63.7 Å². The van der Waals surface area contributed by atoms with Crippen LogP contribution in [0.15, 0.2) is 42.5 Å². The van der Waals surface area contributed by atoms with E-state index in [9.17, 15) is 19.7 Å². The lowest BCUT2D eigenvalue weighted by Gasteiger charge is -2.28. The molecule has 0 saturated carbocycles. The van der Waals surface area contributed by atoms with Crippen molar-refractivity contribution in [1.29, 1.82) is 0 Å². The normalized spacial score (nSPS) is 14.7. The maximum Gasteiger partial charge on any atom is 0.339 e. The standard InChI is InChI=1S/C21H23N3O6/c1-14-18(4-3-5-19(14)24(27)28)21(26)30-15(2)20(25)22-16-6-8-17(9-7-16)23-10-12-29-13-11-23/h3-9,15H,10-13H2,1-2H3,(H,22,25)/t15-/m1/s1. The summed E-state index contributed by atoms with van der Waals surface area (Å²) in [5, 5.41) is 13.7. The summed E-state index contributed by atoms with van der Waals surface area (Å²) in [6, 6.07) is 11.5. The molecule has 0 unspecified atom stereocenters. The Morgan fingerprint density at radius 1 is 1.17 bits per heavy atom. The van der Waals surface area contributed by atoms with Crippen LogP contribution in [0.3, 0.4) is 0 Å². The van der Waals surface area contributed by atoms with Gasteiger partial charge >= 0.3 is 5.97 Å². The molecule has 1 aliphatic heterocycles. The van der Waals surface area contributed by atoms with Gasteiger partial charge in [-0.3, -0.25) is 14.9 Å². The topological polar surface area (TPSA) is 111 Å². The van der Waals surface area contributed by atoms with Gasteiger partial charge < -0.3 is 19.7 Å². The molecule has 1 amide bonds. The van der Waals surface area contributed by atoms with Gasteiger partial charge in [-0.2, -0.15) is 0 Å². The molecule has 30 heavy (non-hydrogen) atoms. The van der Waals surface area contributed by atoms with Crippen molar-refractivity contribution in [2.45, 2.75) is 20.0 Å². The van der Waals surface area contributed by atoms with E-state index < -0.39 is 22.9 Å². The van der Waals surface area contributed by atoms with Gasteiger partial charge in [0, 0.05) is 36.1 Å². The van der Waals surface area contributed by atoms with E-state index in [1.807, 2.05) is 12.1 Å². The van der Waals surface area contributed by atoms with E-state index in [-0.39, 0.29) is 16.8 Å². The summed E-state index contributed by atoms with van der Waals surface area (Å²) in [6.45, 7) is 5.92. The maximum atomic E-state index is 12.4. The van der Waals surface area contributed by atoms with Crippen LogP contribution in [0.4, 0.5) is 17.1 Å². The number of nitrogens with one attached hydrogen (secondary N) is 1. The van der Waals surface area contributed by atoms with Crippen molar-refractivity contribution in [3.8, 4) is 0 Å². The van der Waals surface area contributed by atoms with Gasteiger partial charge in [0.25, 0.3) is 11.6 Å². The summed E-state index contributed by atoms with van der Waals surface area (Å²) in [7, 11) is 0. The van der Waals surface area contributed by atoms with Crippen LogP contribution in [0.25, 0.3) is 0 Å². The molecule has 0 bridgehead atoms. The number of hydrogen-bond acceptors (Lipinski definition) is 7. The van der Waals surface area contributed by atoms with Crippen LogP contribution in [-0.4, -0.2) is 49.2 Å². The fourth-order valence-electron chi connectivity index (χ4n) is 3.14. The SMILES string of the molecule is Cc1c(C(=O)O[C@H](C)C(=O)Nc2ccc(N3CCOCC3)cc2)cccc1[N+](=O)[O-]. The Morgan fingerprint density at radius 3 is 2.47 bits per heavy atom. The minimum Gasteiger partial charge on any atom is -0.449 e. The number of nitro benzene ring substituents is 1. The number of nitrogens with zero attached hydrogens (tertiary/aromatic N) is 2. The van der Waals surface area contributed by atoms with Crippen molar-refractivity contribution in [1.82, 2.24) is 0 Å². The van der Waals surface area contributed by atoms with Crippen LogP contribution >= 0.6 is 0 Å². The molecule has 1 heterocycles. The average Bonchev–Trinajstić information content (AvgIpc) is 2.74. The number of esters is 1. The van der Waals surface area contributed by atoms with Crippen LogP contribution in [0.1, 0.15) is 22.8 Å². The van der Waals surface area contributed by atoms with E-state index in [0.717, 1.165) is 18.8 Å². The number of amides is 1. The van der Waals surface area contributed by atoms with Gasteiger partial charge in [-0.15, -0.1) is 0 Å². The third-order valence-corrected chi connectivity index (χ3v) is 4.89. The van der Waals surface area contributed by atoms with E-state index in [0.29, 0.717) is 18.9 Å². The number of carbonyl (C=O) groups is 2. The van der Waals surface area contributed by atoms with Gasteiger partial charge in [-0.1, -0.05) is 6.07 Å². The van der Waals surface area contributed by atoms with Gasteiger partial charge in [-0.25, -0.2) is 4.79 Å². The zero-order valence-electron chi connectivity index (χ0n) is 16.8. The first-order valence-electron chi connectivity index (χ1n) is 9.55. The molecule has 1 aliphatic rings. The Labute approximate surface area is 173 Å². The predicted molar refractivity (Wildman–Crippen MR) is 111 cm³/mol. The van der Waals surface area contributed by atoms with Crippen LogP contribution in [0.2, 0.25) is 0 Å². The number of ether oxygens (including phenoxy) is 2. The molecule has 0 aromatic heterocycles. The Morgan fingerprint density at radius 2 is 1.83 bits per heavy atom. The second-order valence-electron chi connectivity index (χ2n) is 6.89. The van der Waals surface area contributed by atoms with Crippen LogP contribution in [-0.2, 0) is 14.3 Å². The number of morpholine rings is 1. The molecule has 0 aliphatic carbocycles. The van der Waals surface area contributed by atoms with Crippen LogP contribution in [0, 0.1) is 17.0 Å². The predicted octanol–water partition coefficient (Wildman–Crippen LogP) is 2.92. The van der Waals surface area contributed by atoms with Crippen molar-refractivity contribution in [2.75, 3.05) is 36.5 Å². The van der Waals surface area contributed by atoms with E-state index >= 15 is 0 Å². The monoisotopic (exact) mass is 413 g/mol. The lowest BCUT2D eigenvalue weighted by atomic mass is 10.1. The van der Waals surface area contributed by atoms with Crippen LogP contribution < -0.4 is 10.2 Å². The number of rotatable bonds is 6. The Balaban J connectivity index is 1.60. The van der Waals surface area contributed by atoms with E-state index in [1.165, 1.54) is 32.0 Å². The average molecular weight is 413 g/mol. The lowest BCUT2D eigenvalue weighted by molar-refractivity contribution is -0.385. The quantitative estimate of drug-likeness (QED) is 0.440. The van der Waals surface area contributed by atoms with Crippen LogP contribution in [0.5, 0.6) is 0 Å². The zero-order valence-corrected chi connectivity index (χ0v) is 16.8. The molecule has 3 rings (SSSR count). The minimum absolute atomic E-state index is 0.0544. The van der Waals surface area contributed by atoms with Gasteiger partial charge in [-0.05, 0) is 44.2 Å². The molecule has 9 heteroatoms. The first kappa shape index (κ1) is 21.3. The molecule has 1 N–H and O–H groups in total. The molecular formula is C21H23N3O6. The molecule has 1 saturated heterocycles. The first-order chi connectivity index (χ1) is 14.4. The summed E-state index contributed by atoms with van der Waals surface area (Å²) < 4.78 is 10.5. The molecule has 2 aromatic rings. The number of nitro groups is 1. The molecule has 1 atom stereocenters. The molecule has 9 nitrogen and oxygen atoms in total. The molecule has 1 fully saturated rings. The summed E-state index contributed by atoms with van der Waals surface area (Å²) in [4.78, 5) is 37.5. The largest absolute Gasteiger partial charge is 0.449 e.